The van der Waals surface area contributed by atoms with E-state index in [4.69, 9.17) is 4.42 Å². The molecule has 0 unspecified atom stereocenters. The number of nitrogens with zero attached hydrogens (tertiary/aromatic N) is 4. The van der Waals surface area contributed by atoms with Gasteiger partial charge in [0.2, 0.25) is 5.91 Å². The van der Waals surface area contributed by atoms with Crippen LogP contribution < -0.4 is 4.90 Å². The third-order valence-corrected chi connectivity index (χ3v) is 6.66. The Hall–Kier alpha value is -3.65. The van der Waals surface area contributed by atoms with Gasteiger partial charge >= 0.3 is 0 Å². The van der Waals surface area contributed by atoms with Crippen molar-refractivity contribution in [2.75, 3.05) is 17.7 Å². The van der Waals surface area contributed by atoms with Crippen LogP contribution in [0, 0.1) is 6.92 Å². The van der Waals surface area contributed by atoms with Gasteiger partial charge in [0.05, 0.1) is 25.0 Å². The largest absolute Gasteiger partial charge is 0.467 e. The van der Waals surface area contributed by atoms with Gasteiger partial charge in [-0.05, 0) is 48.9 Å². The minimum Gasteiger partial charge on any atom is -0.467 e. The van der Waals surface area contributed by atoms with Crippen molar-refractivity contribution in [3.05, 3.63) is 83.3 Å². The van der Waals surface area contributed by atoms with E-state index in [1.165, 1.54) is 11.8 Å². The Morgan fingerprint density at radius 3 is 2.79 bits per heavy atom. The Morgan fingerprint density at radius 2 is 2.00 bits per heavy atom. The molecule has 1 aliphatic rings. The molecular formula is C25H22N4O3S. The van der Waals surface area contributed by atoms with Crippen molar-refractivity contribution in [3.63, 3.8) is 0 Å². The highest BCUT2D eigenvalue weighted by molar-refractivity contribution is 7.99. The van der Waals surface area contributed by atoms with Gasteiger partial charge in [0, 0.05) is 23.9 Å². The van der Waals surface area contributed by atoms with Crippen LogP contribution in [0.25, 0.3) is 11.4 Å². The van der Waals surface area contributed by atoms with Crippen molar-refractivity contribution in [1.29, 1.82) is 0 Å². The normalized spacial score (nSPS) is 12.9. The van der Waals surface area contributed by atoms with Gasteiger partial charge in [0.15, 0.2) is 16.8 Å². The Bertz CT molecular complexity index is 1340. The van der Waals surface area contributed by atoms with Gasteiger partial charge in [-0.2, -0.15) is 0 Å². The van der Waals surface area contributed by atoms with Gasteiger partial charge in [0.25, 0.3) is 0 Å². The van der Waals surface area contributed by atoms with Crippen LogP contribution in [0.4, 0.5) is 5.69 Å². The summed E-state index contributed by atoms with van der Waals surface area (Å²) in [6, 6.07) is 17.3. The number of hydrogen-bond acceptors (Lipinski definition) is 6. The highest BCUT2D eigenvalue weighted by Gasteiger charge is 2.25. The number of furan rings is 1. The summed E-state index contributed by atoms with van der Waals surface area (Å²) in [5, 5.41) is 9.44. The number of anilines is 1. The maximum atomic E-state index is 12.9. The predicted molar refractivity (Wildman–Crippen MR) is 127 cm³/mol. The summed E-state index contributed by atoms with van der Waals surface area (Å²) in [6.07, 6.45) is 1.97. The number of amides is 1. The van der Waals surface area contributed by atoms with Crippen LogP contribution in [0.1, 0.15) is 27.2 Å². The Balaban J connectivity index is 1.39. The third-order valence-electron chi connectivity index (χ3n) is 5.70. The maximum absolute atomic E-state index is 12.9. The number of carbonyl (C=O) groups is 2. The number of hydrogen-bond donors (Lipinski definition) is 0. The van der Waals surface area contributed by atoms with E-state index < -0.39 is 0 Å². The fourth-order valence-corrected chi connectivity index (χ4v) is 4.78. The molecule has 0 saturated heterocycles. The van der Waals surface area contributed by atoms with E-state index in [2.05, 4.69) is 16.3 Å². The molecule has 166 valence electrons. The van der Waals surface area contributed by atoms with Crippen LogP contribution in [0.15, 0.2) is 70.4 Å². The topological polar surface area (TPSA) is 81.2 Å². The summed E-state index contributed by atoms with van der Waals surface area (Å²) in [7, 11) is 1.75. The number of carbonyl (C=O) groups excluding carboxylic acids is 2. The average Bonchev–Trinajstić information content (AvgIpc) is 3.53. The fourth-order valence-electron chi connectivity index (χ4n) is 3.95. The molecule has 33 heavy (non-hydrogen) atoms. The molecule has 0 spiro atoms. The average molecular weight is 459 g/mol. The summed E-state index contributed by atoms with van der Waals surface area (Å²) >= 11 is 1.35. The van der Waals surface area contributed by atoms with E-state index in [1.807, 2.05) is 54.0 Å². The van der Waals surface area contributed by atoms with E-state index in [1.54, 1.807) is 24.3 Å². The molecule has 0 fully saturated rings. The van der Waals surface area contributed by atoms with Crippen LogP contribution in [0.5, 0.6) is 0 Å². The molecule has 1 aliphatic heterocycles. The number of thioether (sulfide) groups is 1. The second-order valence-electron chi connectivity index (χ2n) is 8.03. The molecule has 0 aliphatic carbocycles. The summed E-state index contributed by atoms with van der Waals surface area (Å²) in [6.45, 7) is 2.50. The third kappa shape index (κ3) is 4.21. The number of likely N-dealkylation sites (N-methyl/N-ethyl adjacent to an activating group) is 1. The second-order valence-corrected chi connectivity index (χ2v) is 8.97. The smallest absolute Gasteiger partial charge is 0.231 e. The van der Waals surface area contributed by atoms with Crippen molar-refractivity contribution in [1.82, 2.24) is 14.8 Å². The van der Waals surface area contributed by atoms with Crippen molar-refractivity contribution in [2.45, 2.75) is 25.0 Å². The SMILES string of the molecule is Cc1cccc(-c2nnc(SCC(=O)c3ccc4c(c3)CC(=O)N4C)n2Cc2ccco2)c1. The number of ketones is 1. The number of aromatic nitrogens is 3. The Labute approximate surface area is 195 Å². The number of rotatable bonds is 7. The summed E-state index contributed by atoms with van der Waals surface area (Å²) in [5.41, 5.74) is 4.44. The van der Waals surface area contributed by atoms with Crippen LogP contribution in [-0.2, 0) is 17.8 Å². The van der Waals surface area contributed by atoms with Crippen LogP contribution in [0.2, 0.25) is 0 Å². The molecule has 0 bridgehead atoms. The molecule has 8 heteroatoms. The zero-order valence-electron chi connectivity index (χ0n) is 18.3. The second kappa shape index (κ2) is 8.71. The first-order chi connectivity index (χ1) is 16.0. The van der Waals surface area contributed by atoms with Gasteiger partial charge in [-0.1, -0.05) is 35.5 Å². The minimum atomic E-state index is -0.0190. The molecule has 0 saturated carbocycles. The molecule has 4 aromatic rings. The number of Topliss-reactive ketones (excluding diaryl/α,β-unsaturated/α-hetero) is 1. The highest BCUT2D eigenvalue weighted by Crippen LogP contribution is 2.30. The zero-order valence-corrected chi connectivity index (χ0v) is 19.1. The first kappa shape index (κ1) is 21.2. The van der Waals surface area contributed by atoms with Crippen LogP contribution >= 0.6 is 11.8 Å². The van der Waals surface area contributed by atoms with Gasteiger partial charge in [-0.3, -0.25) is 14.2 Å². The Kier molecular flexibility index (Phi) is 5.60. The first-order valence-electron chi connectivity index (χ1n) is 10.6. The molecule has 1 amide bonds. The molecular weight excluding hydrogens is 436 g/mol. The molecule has 0 radical (unpaired) electrons. The van der Waals surface area contributed by atoms with Crippen molar-refractivity contribution >= 4 is 29.1 Å². The summed E-state index contributed by atoms with van der Waals surface area (Å²) < 4.78 is 7.52. The van der Waals surface area contributed by atoms with Crippen LogP contribution in [0.3, 0.4) is 0 Å². The molecule has 2 aromatic carbocycles. The lowest BCUT2D eigenvalue weighted by molar-refractivity contribution is -0.117. The van der Waals surface area contributed by atoms with E-state index in [-0.39, 0.29) is 17.4 Å². The van der Waals surface area contributed by atoms with Crippen molar-refractivity contribution in [2.24, 2.45) is 0 Å². The van der Waals surface area contributed by atoms with Gasteiger partial charge in [-0.15, -0.1) is 10.2 Å². The molecule has 0 N–H and O–H groups in total. The van der Waals surface area contributed by atoms with E-state index >= 15 is 0 Å². The predicted octanol–water partition coefficient (Wildman–Crippen LogP) is 4.39. The van der Waals surface area contributed by atoms with Gasteiger partial charge in [-0.25, -0.2) is 0 Å². The van der Waals surface area contributed by atoms with Crippen molar-refractivity contribution < 1.29 is 14.0 Å². The summed E-state index contributed by atoms with van der Waals surface area (Å²) in [5.74, 6) is 1.74. The molecule has 0 atom stereocenters. The standard InChI is InChI=1S/C25H22N4O3S/c1-16-5-3-6-18(11-16)24-26-27-25(29(24)14-20-7-4-10-32-20)33-15-22(30)17-8-9-21-19(12-17)13-23(31)28(21)2/h3-12H,13-15H2,1-2H3. The van der Waals surface area contributed by atoms with E-state index in [9.17, 15) is 9.59 Å². The van der Waals surface area contributed by atoms with Crippen LogP contribution in [-0.4, -0.2) is 39.3 Å². The number of aryl methyl sites for hydroxylation is 1. The van der Waals surface area contributed by atoms with Gasteiger partial charge < -0.3 is 9.32 Å². The lowest BCUT2D eigenvalue weighted by Gasteiger charge is -2.11. The lowest BCUT2D eigenvalue weighted by Crippen LogP contribution is -2.20. The highest BCUT2D eigenvalue weighted by atomic mass is 32.2. The van der Waals surface area contributed by atoms with Gasteiger partial charge in [0.1, 0.15) is 5.76 Å². The molecule has 2 aromatic heterocycles. The van der Waals surface area contributed by atoms with Crippen molar-refractivity contribution in [3.8, 4) is 11.4 Å². The summed E-state index contributed by atoms with van der Waals surface area (Å²) in [4.78, 5) is 26.5. The van der Waals surface area contributed by atoms with E-state index in [0.717, 1.165) is 34.0 Å². The first-order valence-corrected chi connectivity index (χ1v) is 11.6. The maximum Gasteiger partial charge on any atom is 0.231 e. The minimum absolute atomic E-state index is 0.0190. The quantitative estimate of drug-likeness (QED) is 0.302. The number of benzene rings is 2. The lowest BCUT2D eigenvalue weighted by atomic mass is 10.1. The monoisotopic (exact) mass is 458 g/mol. The van der Waals surface area contributed by atoms with E-state index in [0.29, 0.717) is 23.7 Å². The number of fused-ring (bicyclic) bond motifs is 1. The molecule has 7 nitrogen and oxygen atoms in total. The fraction of sp³-hybridized carbons (Fsp3) is 0.200. The molecule has 3 heterocycles. The molecule has 5 rings (SSSR count). The Morgan fingerprint density at radius 1 is 1.12 bits per heavy atom. The zero-order chi connectivity index (χ0) is 22.9.